The van der Waals surface area contributed by atoms with Gasteiger partial charge in [-0.05, 0) is 56.4 Å². The minimum atomic E-state index is -0.204. The summed E-state index contributed by atoms with van der Waals surface area (Å²) in [6, 6.07) is 7.42. The van der Waals surface area contributed by atoms with E-state index in [2.05, 4.69) is 20.5 Å². The van der Waals surface area contributed by atoms with Crippen LogP contribution in [0.15, 0.2) is 34.2 Å². The second-order valence-corrected chi connectivity index (χ2v) is 6.78. The van der Waals surface area contributed by atoms with Crippen LogP contribution >= 0.6 is 11.8 Å². The monoisotopic (exact) mass is 360 g/mol. The Morgan fingerprint density at radius 1 is 1.24 bits per heavy atom. The van der Waals surface area contributed by atoms with E-state index in [9.17, 15) is 9.59 Å². The Hall–Kier alpha value is -2.12. The molecule has 0 radical (unpaired) electrons. The number of thioether (sulfide) groups is 1. The van der Waals surface area contributed by atoms with E-state index in [-0.39, 0.29) is 11.8 Å². The molecule has 134 valence electrons. The molecule has 1 aromatic rings. The molecule has 0 unspecified atom stereocenters. The number of rotatable bonds is 2. The molecule has 2 aliphatic rings. The zero-order chi connectivity index (χ0) is 18.2. The van der Waals surface area contributed by atoms with E-state index in [0.717, 1.165) is 36.7 Å². The smallest absolute Gasteiger partial charge is 0.286 e. The molecule has 0 aliphatic carbocycles. The largest absolute Gasteiger partial charge is 0.351 e. The molecule has 25 heavy (non-hydrogen) atoms. The predicted octanol–water partition coefficient (Wildman–Crippen LogP) is 2.55. The maximum absolute atomic E-state index is 12.1. The minimum absolute atomic E-state index is 0.134. The molecule has 0 spiro atoms. The van der Waals surface area contributed by atoms with E-state index in [4.69, 9.17) is 0 Å². The van der Waals surface area contributed by atoms with Crippen molar-refractivity contribution in [1.29, 1.82) is 0 Å². The number of nitrogens with zero attached hydrogens (tertiary/aromatic N) is 2. The molecule has 0 atom stereocenters. The molecule has 0 bridgehead atoms. The lowest BCUT2D eigenvalue weighted by Crippen LogP contribution is -2.23. The number of para-hydroxylation sites is 1. The summed E-state index contributed by atoms with van der Waals surface area (Å²) in [5.41, 5.74) is 1.51. The molecule has 1 saturated heterocycles. The van der Waals surface area contributed by atoms with Gasteiger partial charge in [0.15, 0.2) is 5.17 Å². The molecular formula is C18H24N4O2S. The molecule has 2 heterocycles. The van der Waals surface area contributed by atoms with Crippen LogP contribution in [0, 0.1) is 0 Å². The van der Waals surface area contributed by atoms with Gasteiger partial charge in [-0.15, -0.1) is 0 Å². The topological polar surface area (TPSA) is 73.8 Å². The Kier molecular flexibility index (Phi) is 7.21. The molecule has 1 aromatic carbocycles. The molecular weight excluding hydrogens is 336 g/mol. The number of likely N-dealkylation sites (tertiary alicyclic amines) is 1. The third-order valence-corrected chi connectivity index (χ3v) is 4.59. The lowest BCUT2D eigenvalue weighted by molar-refractivity contribution is -0.114. The zero-order valence-electron chi connectivity index (χ0n) is 14.8. The maximum atomic E-state index is 12.1. The molecule has 1 fully saturated rings. The highest BCUT2D eigenvalue weighted by molar-refractivity contribution is 8.18. The SMILES string of the molecule is CC(=O)Nc1ccccc1/C=C1\SC(N2CCCC2)=NC1=O.CNC. The molecule has 2 aliphatic heterocycles. The van der Waals surface area contributed by atoms with Gasteiger partial charge in [0.2, 0.25) is 5.91 Å². The van der Waals surface area contributed by atoms with E-state index >= 15 is 0 Å². The Morgan fingerprint density at radius 2 is 1.88 bits per heavy atom. The van der Waals surface area contributed by atoms with E-state index in [1.54, 1.807) is 6.08 Å². The molecule has 0 aromatic heterocycles. The molecule has 7 heteroatoms. The van der Waals surface area contributed by atoms with Gasteiger partial charge in [-0.3, -0.25) is 9.59 Å². The second kappa shape index (κ2) is 9.39. The first-order valence-corrected chi connectivity index (χ1v) is 9.09. The van der Waals surface area contributed by atoms with Crippen LogP contribution in [0.25, 0.3) is 6.08 Å². The van der Waals surface area contributed by atoms with E-state index in [1.165, 1.54) is 18.7 Å². The highest BCUT2D eigenvalue weighted by Crippen LogP contribution is 2.32. The fraction of sp³-hybridized carbons (Fsp3) is 0.389. The summed E-state index contributed by atoms with van der Waals surface area (Å²) in [7, 11) is 3.75. The fourth-order valence-electron chi connectivity index (χ4n) is 2.51. The summed E-state index contributed by atoms with van der Waals surface area (Å²) < 4.78 is 0. The van der Waals surface area contributed by atoms with Gasteiger partial charge in [0, 0.05) is 25.7 Å². The third kappa shape index (κ3) is 5.44. The van der Waals surface area contributed by atoms with Crippen molar-refractivity contribution in [2.24, 2.45) is 4.99 Å². The minimum Gasteiger partial charge on any atom is -0.351 e. The normalized spacial score (nSPS) is 18.0. The average molecular weight is 360 g/mol. The van der Waals surface area contributed by atoms with Crippen LogP contribution in [-0.4, -0.2) is 49.1 Å². The summed E-state index contributed by atoms with van der Waals surface area (Å²) in [4.78, 5) is 30.3. The summed E-state index contributed by atoms with van der Waals surface area (Å²) in [6.07, 6.45) is 4.10. The van der Waals surface area contributed by atoms with Crippen LogP contribution in [0.3, 0.4) is 0 Å². The van der Waals surface area contributed by atoms with Gasteiger partial charge >= 0.3 is 0 Å². The summed E-state index contributed by atoms with van der Waals surface area (Å²) >= 11 is 1.41. The van der Waals surface area contributed by atoms with Gasteiger partial charge in [-0.25, -0.2) is 0 Å². The molecule has 0 saturated carbocycles. The van der Waals surface area contributed by atoms with Crippen molar-refractivity contribution < 1.29 is 9.59 Å². The predicted molar refractivity (Wildman–Crippen MR) is 105 cm³/mol. The van der Waals surface area contributed by atoms with E-state index < -0.39 is 0 Å². The Labute approximate surface area is 152 Å². The Morgan fingerprint density at radius 3 is 2.52 bits per heavy atom. The lowest BCUT2D eigenvalue weighted by Gasteiger charge is -2.14. The van der Waals surface area contributed by atoms with Crippen LogP contribution < -0.4 is 10.6 Å². The quantitative estimate of drug-likeness (QED) is 0.793. The van der Waals surface area contributed by atoms with Gasteiger partial charge in [0.05, 0.1) is 4.91 Å². The fourth-order valence-corrected chi connectivity index (χ4v) is 3.47. The molecule has 2 amide bonds. The van der Waals surface area contributed by atoms with Crippen LogP contribution in [0.4, 0.5) is 5.69 Å². The molecule has 6 nitrogen and oxygen atoms in total. The van der Waals surface area contributed by atoms with Crippen LogP contribution in [-0.2, 0) is 9.59 Å². The maximum Gasteiger partial charge on any atom is 0.286 e. The third-order valence-electron chi connectivity index (χ3n) is 3.54. The number of anilines is 1. The van der Waals surface area contributed by atoms with Crippen molar-refractivity contribution in [1.82, 2.24) is 10.2 Å². The van der Waals surface area contributed by atoms with Gasteiger partial charge in [0.1, 0.15) is 0 Å². The standard InChI is InChI=1S/C16H17N3O2S.C2H7N/c1-11(20)17-13-7-3-2-6-12(13)10-14-15(21)18-16(22-14)19-8-4-5-9-19;1-3-2/h2-3,6-7,10H,4-5,8-9H2,1H3,(H,17,20);3H,1-2H3/b14-10-;. The first-order chi connectivity index (χ1) is 12.0. The van der Waals surface area contributed by atoms with Gasteiger partial charge in [-0.2, -0.15) is 4.99 Å². The number of amides is 2. The van der Waals surface area contributed by atoms with Crippen LogP contribution in [0.1, 0.15) is 25.3 Å². The van der Waals surface area contributed by atoms with Crippen LogP contribution in [0.5, 0.6) is 0 Å². The number of nitrogens with one attached hydrogen (secondary N) is 2. The highest BCUT2D eigenvalue weighted by atomic mass is 32.2. The van der Waals surface area contributed by atoms with Gasteiger partial charge < -0.3 is 15.5 Å². The van der Waals surface area contributed by atoms with Crippen LogP contribution in [0.2, 0.25) is 0 Å². The molecule has 2 N–H and O–H groups in total. The van der Waals surface area contributed by atoms with Crippen molar-refractivity contribution >= 4 is 40.5 Å². The summed E-state index contributed by atoms with van der Waals surface area (Å²) in [5.74, 6) is -0.338. The number of hydrogen-bond acceptors (Lipinski definition) is 5. The number of benzene rings is 1. The first-order valence-electron chi connectivity index (χ1n) is 8.27. The van der Waals surface area contributed by atoms with E-state index in [1.807, 2.05) is 38.4 Å². The van der Waals surface area contributed by atoms with E-state index in [0.29, 0.717) is 10.6 Å². The number of aliphatic imine (C=N–C) groups is 1. The average Bonchev–Trinajstić information content (AvgIpc) is 3.20. The Balaban J connectivity index is 0.000000701. The number of amidine groups is 1. The van der Waals surface area contributed by atoms with Gasteiger partial charge in [-0.1, -0.05) is 18.2 Å². The van der Waals surface area contributed by atoms with Crippen molar-refractivity contribution in [3.63, 3.8) is 0 Å². The van der Waals surface area contributed by atoms with Crippen molar-refractivity contribution in [2.75, 3.05) is 32.5 Å². The summed E-state index contributed by atoms with van der Waals surface area (Å²) in [5, 5.41) is 6.32. The second-order valence-electron chi connectivity index (χ2n) is 5.77. The molecule has 3 rings (SSSR count). The van der Waals surface area contributed by atoms with Crippen molar-refractivity contribution in [3.05, 3.63) is 34.7 Å². The highest BCUT2D eigenvalue weighted by Gasteiger charge is 2.27. The van der Waals surface area contributed by atoms with Gasteiger partial charge in [0.25, 0.3) is 5.91 Å². The number of hydrogen-bond donors (Lipinski definition) is 2. The number of carbonyl (C=O) groups is 2. The van der Waals surface area contributed by atoms with Crippen molar-refractivity contribution in [2.45, 2.75) is 19.8 Å². The van der Waals surface area contributed by atoms with Crippen molar-refractivity contribution in [3.8, 4) is 0 Å². The first kappa shape index (κ1) is 19.2. The summed E-state index contributed by atoms with van der Waals surface area (Å²) in [6.45, 7) is 3.40. The zero-order valence-corrected chi connectivity index (χ0v) is 15.7. The number of carbonyl (C=O) groups excluding carboxylic acids is 2. The lowest BCUT2D eigenvalue weighted by atomic mass is 10.1. The Bertz CT molecular complexity index is 694.